The van der Waals surface area contributed by atoms with E-state index in [9.17, 15) is 0 Å². The Kier molecular flexibility index (Phi) is 4.27. The number of thiophene rings is 1. The molecule has 110 valence electrons. The Bertz CT molecular complexity index is 760. The normalized spacial score (nSPS) is 11.4. The van der Waals surface area contributed by atoms with Gasteiger partial charge in [-0.1, -0.05) is 6.92 Å². The number of imidazole rings is 1. The van der Waals surface area contributed by atoms with E-state index in [1.165, 1.54) is 10.4 Å². The predicted octanol–water partition coefficient (Wildman–Crippen LogP) is 4.19. The first kappa shape index (κ1) is 14.5. The molecule has 0 amide bonds. The van der Waals surface area contributed by atoms with E-state index in [0.29, 0.717) is 5.88 Å². The van der Waals surface area contributed by atoms with Gasteiger partial charge in [-0.05, 0) is 42.0 Å². The van der Waals surface area contributed by atoms with Gasteiger partial charge in [0.25, 0.3) is 0 Å². The Morgan fingerprint density at radius 1 is 1.38 bits per heavy atom. The lowest BCUT2D eigenvalue weighted by Gasteiger charge is -2.08. The molecule has 0 N–H and O–H groups in total. The van der Waals surface area contributed by atoms with Crippen molar-refractivity contribution in [1.29, 1.82) is 0 Å². The van der Waals surface area contributed by atoms with Crippen LogP contribution in [0.3, 0.4) is 0 Å². The van der Waals surface area contributed by atoms with Crippen molar-refractivity contribution in [2.24, 2.45) is 0 Å². The fourth-order valence-corrected chi connectivity index (χ4v) is 3.70. The SMILES string of the molecule is CCc1ccsc1Cn1c(CCCl)nc2cc(C)cnc21. The van der Waals surface area contributed by atoms with Crippen LogP contribution in [-0.4, -0.2) is 20.4 Å². The molecule has 0 aliphatic carbocycles. The summed E-state index contributed by atoms with van der Waals surface area (Å²) in [6, 6.07) is 4.30. The average molecular weight is 320 g/mol. The molecule has 0 aromatic carbocycles. The summed E-state index contributed by atoms with van der Waals surface area (Å²) < 4.78 is 2.21. The fraction of sp³-hybridized carbons (Fsp3) is 0.375. The molecule has 0 fully saturated rings. The minimum absolute atomic E-state index is 0.577. The van der Waals surface area contributed by atoms with E-state index in [-0.39, 0.29) is 0 Å². The Morgan fingerprint density at radius 2 is 2.24 bits per heavy atom. The van der Waals surface area contributed by atoms with Crippen molar-refractivity contribution in [3.8, 4) is 0 Å². The molecule has 0 bridgehead atoms. The molecule has 0 aliphatic rings. The smallest absolute Gasteiger partial charge is 0.160 e. The van der Waals surface area contributed by atoms with Crippen LogP contribution in [0.15, 0.2) is 23.7 Å². The van der Waals surface area contributed by atoms with E-state index in [0.717, 1.165) is 41.9 Å². The third-order valence-corrected chi connectivity index (χ3v) is 4.78. The highest BCUT2D eigenvalue weighted by atomic mass is 35.5. The summed E-state index contributed by atoms with van der Waals surface area (Å²) in [6.45, 7) is 5.07. The Labute approximate surface area is 133 Å². The van der Waals surface area contributed by atoms with Gasteiger partial charge in [-0.25, -0.2) is 9.97 Å². The quantitative estimate of drug-likeness (QED) is 0.660. The summed E-state index contributed by atoms with van der Waals surface area (Å²) >= 11 is 7.74. The number of hydrogen-bond acceptors (Lipinski definition) is 3. The van der Waals surface area contributed by atoms with Crippen LogP contribution in [0.25, 0.3) is 11.2 Å². The molecular formula is C16H18ClN3S. The third-order valence-electron chi connectivity index (χ3n) is 3.64. The summed E-state index contributed by atoms with van der Waals surface area (Å²) in [5.74, 6) is 1.60. The molecule has 3 rings (SSSR count). The van der Waals surface area contributed by atoms with E-state index in [2.05, 4.69) is 34.0 Å². The molecule has 0 saturated heterocycles. The number of aromatic nitrogens is 3. The molecule has 0 spiro atoms. The van der Waals surface area contributed by atoms with Crippen molar-refractivity contribution in [2.45, 2.75) is 33.2 Å². The number of nitrogens with zero attached hydrogens (tertiary/aromatic N) is 3. The molecule has 0 atom stereocenters. The number of rotatable bonds is 5. The second kappa shape index (κ2) is 6.16. The third kappa shape index (κ3) is 2.83. The number of alkyl halides is 1. The maximum absolute atomic E-state index is 5.94. The summed E-state index contributed by atoms with van der Waals surface area (Å²) in [5.41, 5.74) is 4.46. The maximum atomic E-state index is 5.94. The largest absolute Gasteiger partial charge is 0.307 e. The summed E-state index contributed by atoms with van der Waals surface area (Å²) in [4.78, 5) is 10.7. The molecule has 0 aliphatic heterocycles. The van der Waals surface area contributed by atoms with Crippen LogP contribution in [0, 0.1) is 6.92 Å². The summed E-state index contributed by atoms with van der Waals surface area (Å²) in [5, 5.41) is 2.16. The maximum Gasteiger partial charge on any atom is 0.160 e. The zero-order valence-corrected chi connectivity index (χ0v) is 13.8. The highest BCUT2D eigenvalue weighted by molar-refractivity contribution is 7.10. The van der Waals surface area contributed by atoms with Gasteiger partial charge in [0.2, 0.25) is 0 Å². The van der Waals surface area contributed by atoms with Crippen LogP contribution < -0.4 is 0 Å². The van der Waals surface area contributed by atoms with Gasteiger partial charge >= 0.3 is 0 Å². The zero-order chi connectivity index (χ0) is 14.8. The predicted molar refractivity (Wildman–Crippen MR) is 89.5 cm³/mol. The number of aryl methyl sites for hydroxylation is 3. The highest BCUT2D eigenvalue weighted by Crippen LogP contribution is 2.23. The molecule has 0 radical (unpaired) electrons. The van der Waals surface area contributed by atoms with E-state index in [1.54, 1.807) is 11.3 Å². The number of pyridine rings is 1. The first-order chi connectivity index (χ1) is 10.2. The lowest BCUT2D eigenvalue weighted by molar-refractivity contribution is 0.751. The molecule has 3 heterocycles. The topological polar surface area (TPSA) is 30.7 Å². The second-order valence-corrected chi connectivity index (χ2v) is 6.51. The Morgan fingerprint density at radius 3 is 3.00 bits per heavy atom. The molecular weight excluding hydrogens is 302 g/mol. The van der Waals surface area contributed by atoms with Crippen molar-refractivity contribution in [3.05, 3.63) is 45.5 Å². The van der Waals surface area contributed by atoms with Gasteiger partial charge in [0.15, 0.2) is 5.65 Å². The van der Waals surface area contributed by atoms with Gasteiger partial charge in [-0.3, -0.25) is 0 Å². The van der Waals surface area contributed by atoms with Gasteiger partial charge in [-0.2, -0.15) is 0 Å². The standard InChI is InChI=1S/C16H18ClN3S/c1-3-12-5-7-21-14(12)10-20-15(4-6-17)19-13-8-11(2)9-18-16(13)20/h5,7-9H,3-4,6,10H2,1-2H3. The Hall–Kier alpha value is -1.39. The van der Waals surface area contributed by atoms with E-state index in [1.807, 2.05) is 13.1 Å². The summed E-state index contributed by atoms with van der Waals surface area (Å²) in [6.07, 6.45) is 3.73. The summed E-state index contributed by atoms with van der Waals surface area (Å²) in [7, 11) is 0. The van der Waals surface area contributed by atoms with Crippen LogP contribution in [0.2, 0.25) is 0 Å². The first-order valence-electron chi connectivity index (χ1n) is 7.16. The van der Waals surface area contributed by atoms with E-state index in [4.69, 9.17) is 16.6 Å². The molecule has 21 heavy (non-hydrogen) atoms. The number of hydrogen-bond donors (Lipinski definition) is 0. The van der Waals surface area contributed by atoms with Crippen molar-refractivity contribution in [3.63, 3.8) is 0 Å². The van der Waals surface area contributed by atoms with Gasteiger partial charge in [0.1, 0.15) is 11.3 Å². The van der Waals surface area contributed by atoms with E-state index >= 15 is 0 Å². The van der Waals surface area contributed by atoms with Crippen molar-refractivity contribution in [2.75, 3.05) is 5.88 Å². The monoisotopic (exact) mass is 319 g/mol. The van der Waals surface area contributed by atoms with Gasteiger partial charge in [0, 0.05) is 23.4 Å². The average Bonchev–Trinajstić information content (AvgIpc) is 3.04. The highest BCUT2D eigenvalue weighted by Gasteiger charge is 2.14. The van der Waals surface area contributed by atoms with Crippen LogP contribution in [0.5, 0.6) is 0 Å². The lowest BCUT2D eigenvalue weighted by atomic mass is 10.2. The minimum Gasteiger partial charge on any atom is -0.307 e. The molecule has 3 aromatic rings. The zero-order valence-electron chi connectivity index (χ0n) is 12.3. The minimum atomic E-state index is 0.577. The first-order valence-corrected chi connectivity index (χ1v) is 8.57. The van der Waals surface area contributed by atoms with Gasteiger partial charge < -0.3 is 4.57 Å². The van der Waals surface area contributed by atoms with E-state index < -0.39 is 0 Å². The molecule has 0 unspecified atom stereocenters. The van der Waals surface area contributed by atoms with Crippen LogP contribution in [0.4, 0.5) is 0 Å². The van der Waals surface area contributed by atoms with Crippen molar-refractivity contribution < 1.29 is 0 Å². The lowest BCUT2D eigenvalue weighted by Crippen LogP contribution is -2.07. The van der Waals surface area contributed by atoms with Gasteiger partial charge in [0.05, 0.1) is 6.54 Å². The van der Waals surface area contributed by atoms with Crippen LogP contribution >= 0.6 is 22.9 Å². The van der Waals surface area contributed by atoms with Crippen molar-refractivity contribution in [1.82, 2.24) is 14.5 Å². The second-order valence-electron chi connectivity index (χ2n) is 5.13. The van der Waals surface area contributed by atoms with Gasteiger partial charge in [-0.15, -0.1) is 22.9 Å². The molecule has 0 saturated carbocycles. The Balaban J connectivity index is 2.08. The van der Waals surface area contributed by atoms with Crippen LogP contribution in [0.1, 0.15) is 28.8 Å². The fourth-order valence-electron chi connectivity index (χ4n) is 2.56. The molecule has 3 nitrogen and oxygen atoms in total. The molecule has 5 heteroatoms. The van der Waals surface area contributed by atoms with Crippen molar-refractivity contribution >= 4 is 34.1 Å². The number of halogens is 1. The molecule has 3 aromatic heterocycles. The number of fused-ring (bicyclic) bond motifs is 1. The van der Waals surface area contributed by atoms with Crippen LogP contribution in [-0.2, 0) is 19.4 Å².